The predicted molar refractivity (Wildman–Crippen MR) is 228 cm³/mol. The zero-order valence-electron chi connectivity index (χ0n) is 33.6. The minimum absolute atomic E-state index is 0.142. The average molecular weight is 818 g/mol. The van der Waals surface area contributed by atoms with Gasteiger partial charge in [0.25, 0.3) is 0 Å². The molecule has 5 rings (SSSR count). The highest BCUT2D eigenvalue weighted by Gasteiger charge is 2.27. The van der Waals surface area contributed by atoms with Gasteiger partial charge in [-0.15, -0.1) is 0 Å². The molecule has 1 aliphatic heterocycles. The minimum Gasteiger partial charge on any atom is -0.497 e. The maximum absolute atomic E-state index is 13.5. The first-order valence-corrected chi connectivity index (χ1v) is 19.2. The van der Waals surface area contributed by atoms with Crippen LogP contribution in [0.5, 0.6) is 23.0 Å². The molecule has 15 nitrogen and oxygen atoms in total. The molecule has 0 unspecified atom stereocenters. The van der Waals surface area contributed by atoms with Gasteiger partial charge in [0.1, 0.15) is 47.7 Å². The molecule has 0 saturated carbocycles. The molecule has 2 amide bonds. The smallest absolute Gasteiger partial charge is 0.335 e. The number of allylic oxidation sites excluding steroid dienone is 1. The number of benzene rings is 4. The van der Waals surface area contributed by atoms with E-state index >= 15 is 0 Å². The number of rotatable bonds is 19. The van der Waals surface area contributed by atoms with Crippen molar-refractivity contribution >= 4 is 57.8 Å². The molecule has 0 atom stereocenters. The molecule has 58 heavy (non-hydrogen) atoms. The third kappa shape index (κ3) is 11.6. The van der Waals surface area contributed by atoms with Crippen molar-refractivity contribution in [3.63, 3.8) is 0 Å². The molecule has 0 bridgehead atoms. The molecule has 0 spiro atoms. The van der Waals surface area contributed by atoms with Crippen LogP contribution in [-0.4, -0.2) is 74.5 Å². The van der Waals surface area contributed by atoms with Crippen molar-refractivity contribution in [3.05, 3.63) is 96.0 Å². The number of amides is 2. The van der Waals surface area contributed by atoms with Crippen LogP contribution in [0.3, 0.4) is 0 Å². The largest absolute Gasteiger partial charge is 0.497 e. The molecule has 0 saturated heterocycles. The van der Waals surface area contributed by atoms with E-state index in [1.807, 2.05) is 66.7 Å². The lowest BCUT2D eigenvalue weighted by molar-refractivity contribution is -0.162. The summed E-state index contributed by atoms with van der Waals surface area (Å²) in [7, 11) is 3.07. The van der Waals surface area contributed by atoms with Crippen LogP contribution in [-0.2, 0) is 19.7 Å². The van der Waals surface area contributed by atoms with Crippen molar-refractivity contribution in [2.24, 2.45) is 0 Å². The summed E-state index contributed by atoms with van der Waals surface area (Å²) in [5, 5.41) is 23.3. The van der Waals surface area contributed by atoms with E-state index in [0.717, 1.165) is 16.3 Å². The predicted octanol–water partition coefficient (Wildman–Crippen LogP) is 8.43. The van der Waals surface area contributed by atoms with Gasteiger partial charge in [-0.3, -0.25) is 0 Å². The highest BCUT2D eigenvalue weighted by atomic mass is 32.2. The van der Waals surface area contributed by atoms with E-state index < -0.39 is 17.6 Å². The molecule has 1 heterocycles. The second-order valence-electron chi connectivity index (χ2n) is 14.6. The number of methoxy groups -OCH3 is 2. The van der Waals surface area contributed by atoms with Crippen molar-refractivity contribution in [2.75, 3.05) is 67.9 Å². The van der Waals surface area contributed by atoms with E-state index in [0.29, 0.717) is 76.1 Å². The number of hydrogen-bond donors (Lipinski definition) is 7. The number of carbonyl (C=O) groups excluding carboxylic acids is 1. The number of anilines is 4. The number of dihydropyridines is 1. The summed E-state index contributed by atoms with van der Waals surface area (Å²) in [4.78, 5) is 24.6. The van der Waals surface area contributed by atoms with E-state index in [1.54, 1.807) is 19.2 Å². The molecule has 0 radical (unpaired) electrons. The van der Waals surface area contributed by atoms with Crippen LogP contribution in [0.1, 0.15) is 40.2 Å². The first kappa shape index (κ1) is 43.3. The molecule has 16 heteroatoms. The Morgan fingerprint density at radius 3 is 2.24 bits per heavy atom. The summed E-state index contributed by atoms with van der Waals surface area (Å²) in [6.07, 6.45) is 3.77. The maximum Gasteiger partial charge on any atom is 0.335 e. The van der Waals surface area contributed by atoms with Gasteiger partial charge in [-0.25, -0.2) is 9.59 Å². The number of aliphatic carboxylic acids is 1. The highest BCUT2D eigenvalue weighted by molar-refractivity contribution is 7.95. The number of carbonyl (C=O) groups is 2. The third-order valence-electron chi connectivity index (χ3n) is 8.90. The van der Waals surface area contributed by atoms with Crippen molar-refractivity contribution in [2.45, 2.75) is 45.6 Å². The van der Waals surface area contributed by atoms with Crippen molar-refractivity contribution in [1.29, 1.82) is 0 Å². The molecule has 0 fully saturated rings. The summed E-state index contributed by atoms with van der Waals surface area (Å²) in [6, 6.07) is 19.9. The molecule has 0 aliphatic carbocycles. The van der Waals surface area contributed by atoms with Crippen LogP contribution < -0.4 is 44.9 Å². The second kappa shape index (κ2) is 19.6. The van der Waals surface area contributed by atoms with Crippen molar-refractivity contribution in [1.82, 2.24) is 5.32 Å². The molecule has 4 aromatic rings. The summed E-state index contributed by atoms with van der Waals surface area (Å²) >= 11 is 0.446. The van der Waals surface area contributed by atoms with Gasteiger partial charge in [0.05, 0.1) is 51.1 Å². The van der Waals surface area contributed by atoms with E-state index in [4.69, 9.17) is 33.5 Å². The zero-order valence-corrected chi connectivity index (χ0v) is 34.4. The Balaban J connectivity index is 1.24. The number of nitrogens with one attached hydrogen (secondary N) is 5. The zero-order chi connectivity index (χ0) is 41.9. The number of fused-ring (bicyclic) bond motifs is 1. The van der Waals surface area contributed by atoms with Crippen LogP contribution in [0.4, 0.5) is 27.5 Å². The van der Waals surface area contributed by atoms with E-state index in [-0.39, 0.29) is 31.8 Å². The van der Waals surface area contributed by atoms with Crippen LogP contribution in [0.15, 0.2) is 90.5 Å². The summed E-state index contributed by atoms with van der Waals surface area (Å²) in [5.74, 6) is 2.37. The van der Waals surface area contributed by atoms with Gasteiger partial charge >= 0.3 is 12.0 Å². The Bertz CT molecular complexity index is 2150. The van der Waals surface area contributed by atoms with E-state index in [1.165, 1.54) is 21.0 Å². The van der Waals surface area contributed by atoms with Crippen LogP contribution in [0, 0.1) is 0 Å². The lowest BCUT2D eigenvalue weighted by Crippen LogP contribution is -2.35. The van der Waals surface area contributed by atoms with Gasteiger partial charge in [0, 0.05) is 47.3 Å². The second-order valence-corrected chi connectivity index (χ2v) is 15.0. The Morgan fingerprint density at radius 2 is 1.53 bits per heavy atom. The molecular weight excluding hydrogens is 767 g/mol. The Kier molecular flexibility index (Phi) is 14.6. The van der Waals surface area contributed by atoms with Gasteiger partial charge in [0.2, 0.25) is 0 Å². The molecule has 310 valence electrons. The average Bonchev–Trinajstić information content (AvgIpc) is 3.18. The highest BCUT2D eigenvalue weighted by Crippen LogP contribution is 2.40. The fourth-order valence-corrected chi connectivity index (χ4v) is 6.03. The van der Waals surface area contributed by atoms with E-state index in [2.05, 4.69) is 46.8 Å². The summed E-state index contributed by atoms with van der Waals surface area (Å²) in [6.45, 7) is 10.5. The Hall–Kier alpha value is -5.81. The summed E-state index contributed by atoms with van der Waals surface area (Å²) < 4.78 is 46.7. The molecule has 0 aromatic heterocycles. The molecule has 4 aromatic carbocycles. The van der Waals surface area contributed by atoms with Crippen molar-refractivity contribution in [3.8, 4) is 23.0 Å². The lowest BCUT2D eigenvalue weighted by atomic mass is 9.86. The fraction of sp³-hybridized carbons (Fsp3) is 0.333. The minimum atomic E-state index is -1.28. The van der Waals surface area contributed by atoms with Gasteiger partial charge in [-0.1, -0.05) is 45.0 Å². The SMILES string of the molecule is COc1cc(NC2=CC(Oc3ccc(NC(=O)Nc4cc(C(C)(C)C)cc(NSO)c4OC)c4ccccc34)=CCN2)cc(OCCOCCOC(C)(C)C(=O)O)c1. The lowest BCUT2D eigenvalue weighted by Gasteiger charge is -2.23. The molecular formula is C42H51N5O10S. The maximum atomic E-state index is 13.5. The number of hydrogen-bond acceptors (Lipinski definition) is 13. The topological polar surface area (TPSA) is 190 Å². The number of carboxylic acid groups (broad SMARTS) is 1. The van der Waals surface area contributed by atoms with Gasteiger partial charge in [-0.2, -0.15) is 0 Å². The monoisotopic (exact) mass is 817 g/mol. The van der Waals surface area contributed by atoms with E-state index in [9.17, 15) is 14.1 Å². The first-order valence-electron chi connectivity index (χ1n) is 18.5. The Morgan fingerprint density at radius 1 is 0.828 bits per heavy atom. The number of carboxylic acids is 1. The summed E-state index contributed by atoms with van der Waals surface area (Å²) in [5.41, 5.74) is 1.64. The third-order valence-corrected chi connectivity index (χ3v) is 9.21. The van der Waals surface area contributed by atoms with Gasteiger partial charge in [-0.05, 0) is 55.2 Å². The number of urea groups is 1. The fourth-order valence-electron chi connectivity index (χ4n) is 5.78. The van der Waals surface area contributed by atoms with Crippen LogP contribution in [0.25, 0.3) is 10.8 Å². The standard InChI is InChI=1S/C42H51N5O10S/c1-41(2,3)26-20-34(38(53-7)35(21-26)47-58-51)46-40(50)45-33-12-13-36(32-11-9-8-10-31(32)33)57-28-14-15-43-37(25-28)44-27-22-29(52-6)24-30(23-27)55-18-16-54-17-19-56-42(4,5)39(48)49/h8-14,20-25,43-44,47,51H,15-19H2,1-7H3,(H,48,49)(H2,45,46,50). The van der Waals surface area contributed by atoms with Gasteiger partial charge in [0.15, 0.2) is 11.4 Å². The Labute approximate surface area is 342 Å². The molecule has 7 N–H and O–H groups in total. The van der Waals surface area contributed by atoms with Crippen molar-refractivity contribution < 1.29 is 47.7 Å². The first-order chi connectivity index (χ1) is 27.7. The van der Waals surface area contributed by atoms with Crippen LogP contribution >= 0.6 is 12.2 Å². The van der Waals surface area contributed by atoms with Crippen LogP contribution in [0.2, 0.25) is 0 Å². The quantitative estimate of drug-likeness (QED) is 0.0271. The number of ether oxygens (including phenoxy) is 6. The molecule has 1 aliphatic rings. The van der Waals surface area contributed by atoms with Gasteiger partial charge < -0.3 is 64.1 Å². The normalized spacial score (nSPS) is 12.8.